The lowest BCUT2D eigenvalue weighted by Gasteiger charge is -2.36. The van der Waals surface area contributed by atoms with Gasteiger partial charge in [-0.25, -0.2) is 0 Å². The van der Waals surface area contributed by atoms with Crippen molar-refractivity contribution >= 4 is 5.91 Å². The number of piperidine rings is 1. The number of nitrogens with zero attached hydrogens (tertiary/aromatic N) is 2. The van der Waals surface area contributed by atoms with E-state index in [-0.39, 0.29) is 18.1 Å². The largest absolute Gasteiger partial charge is 0.324 e. The lowest BCUT2D eigenvalue weighted by Crippen LogP contribution is -2.48. The molecule has 0 aromatic carbocycles. The van der Waals surface area contributed by atoms with E-state index in [0.717, 1.165) is 13.0 Å². The molecule has 2 rings (SSSR count). The van der Waals surface area contributed by atoms with E-state index in [1.54, 1.807) is 0 Å². The molecule has 17 heavy (non-hydrogen) atoms. The summed E-state index contributed by atoms with van der Waals surface area (Å²) in [5.41, 5.74) is 0. The van der Waals surface area contributed by atoms with E-state index in [1.165, 1.54) is 25.8 Å². The van der Waals surface area contributed by atoms with Crippen molar-refractivity contribution in [1.82, 2.24) is 15.1 Å². The van der Waals surface area contributed by atoms with Crippen LogP contribution in [0.5, 0.6) is 0 Å². The van der Waals surface area contributed by atoms with E-state index in [0.29, 0.717) is 6.04 Å². The minimum atomic E-state index is -0.00570. The zero-order chi connectivity index (χ0) is 12.4. The van der Waals surface area contributed by atoms with Crippen LogP contribution in [-0.2, 0) is 4.79 Å². The molecular weight excluding hydrogens is 214 g/mol. The first kappa shape index (κ1) is 12.8. The van der Waals surface area contributed by atoms with Crippen LogP contribution in [0.3, 0.4) is 0 Å². The van der Waals surface area contributed by atoms with Gasteiger partial charge < -0.3 is 9.80 Å². The minimum Gasteiger partial charge on any atom is -0.324 e. The van der Waals surface area contributed by atoms with Crippen LogP contribution < -0.4 is 5.32 Å². The quantitative estimate of drug-likeness (QED) is 0.799. The number of nitrogens with one attached hydrogen (secondary N) is 1. The molecule has 4 heteroatoms. The average molecular weight is 239 g/mol. The summed E-state index contributed by atoms with van der Waals surface area (Å²) in [5.74, 6) is 0.274. The third-order valence-electron chi connectivity index (χ3n) is 4.19. The smallest absolute Gasteiger partial charge is 0.240 e. The summed E-state index contributed by atoms with van der Waals surface area (Å²) in [7, 11) is 2.18. The summed E-state index contributed by atoms with van der Waals surface area (Å²) in [5, 5.41) is 3.37. The molecule has 3 unspecified atom stereocenters. The molecule has 2 saturated heterocycles. The molecule has 98 valence electrons. The molecule has 0 bridgehead atoms. The van der Waals surface area contributed by atoms with Gasteiger partial charge in [0.15, 0.2) is 0 Å². The second-order valence-electron chi connectivity index (χ2n) is 5.43. The maximum absolute atomic E-state index is 12.1. The molecule has 2 heterocycles. The van der Waals surface area contributed by atoms with Crippen molar-refractivity contribution < 1.29 is 4.79 Å². The Hall–Kier alpha value is -0.610. The first-order chi connectivity index (χ1) is 8.13. The van der Waals surface area contributed by atoms with Gasteiger partial charge in [-0.3, -0.25) is 10.1 Å². The molecule has 0 radical (unpaired) electrons. The van der Waals surface area contributed by atoms with Crippen LogP contribution in [0.4, 0.5) is 0 Å². The van der Waals surface area contributed by atoms with E-state index in [4.69, 9.17) is 0 Å². The van der Waals surface area contributed by atoms with Crippen molar-refractivity contribution in [2.45, 2.75) is 57.8 Å². The summed E-state index contributed by atoms with van der Waals surface area (Å²) in [6.07, 6.45) is 5.06. The molecule has 0 spiro atoms. The normalized spacial score (nSPS) is 35.6. The van der Waals surface area contributed by atoms with Gasteiger partial charge in [-0.1, -0.05) is 13.3 Å². The Bertz CT molecular complexity index is 282. The molecule has 1 amide bonds. The first-order valence-electron chi connectivity index (χ1n) is 6.90. The molecule has 4 nitrogen and oxygen atoms in total. The first-order valence-corrected chi connectivity index (χ1v) is 6.90. The average Bonchev–Trinajstić information content (AvgIpc) is 2.59. The molecule has 0 aromatic rings. The van der Waals surface area contributed by atoms with Gasteiger partial charge in [0.1, 0.15) is 0 Å². The Balaban J connectivity index is 1.98. The molecular formula is C13H25N3O. The maximum Gasteiger partial charge on any atom is 0.240 e. The van der Waals surface area contributed by atoms with Crippen molar-refractivity contribution in [2.24, 2.45) is 0 Å². The summed E-state index contributed by atoms with van der Waals surface area (Å²) < 4.78 is 0. The molecule has 2 aliphatic heterocycles. The number of likely N-dealkylation sites (tertiary alicyclic amines) is 1. The Morgan fingerprint density at radius 3 is 2.82 bits per heavy atom. The Kier molecular flexibility index (Phi) is 4.05. The number of hydrogen-bond donors (Lipinski definition) is 1. The lowest BCUT2D eigenvalue weighted by molar-refractivity contribution is -0.130. The topological polar surface area (TPSA) is 35.6 Å². The number of amides is 1. The fraction of sp³-hybridized carbons (Fsp3) is 0.923. The summed E-state index contributed by atoms with van der Waals surface area (Å²) in [6.45, 7) is 6.17. The Labute approximate surface area is 104 Å². The third kappa shape index (κ3) is 2.63. The highest BCUT2D eigenvalue weighted by Crippen LogP contribution is 2.20. The van der Waals surface area contributed by atoms with Gasteiger partial charge in [0, 0.05) is 12.6 Å². The van der Waals surface area contributed by atoms with Crippen molar-refractivity contribution in [1.29, 1.82) is 0 Å². The number of likely N-dealkylation sites (N-methyl/N-ethyl adjacent to an activating group) is 1. The fourth-order valence-electron chi connectivity index (χ4n) is 3.01. The fourth-order valence-corrected chi connectivity index (χ4v) is 3.01. The van der Waals surface area contributed by atoms with Crippen molar-refractivity contribution in [3.05, 3.63) is 0 Å². The number of carbonyl (C=O) groups excluding carboxylic acids is 1. The SMILES string of the molecule is CCC1NC(C)C(=O)N1CC1CCCCN1C. The summed E-state index contributed by atoms with van der Waals surface area (Å²) in [6, 6.07) is 0.544. The van der Waals surface area contributed by atoms with Gasteiger partial charge in [0.25, 0.3) is 0 Å². The molecule has 3 atom stereocenters. The van der Waals surface area contributed by atoms with Crippen LogP contribution in [0.25, 0.3) is 0 Å². The standard InChI is InChI=1S/C13H25N3O/c1-4-12-14-10(2)13(17)16(12)9-11-7-5-6-8-15(11)3/h10-12,14H,4-9H2,1-3H3. The number of hydrogen-bond acceptors (Lipinski definition) is 3. The Morgan fingerprint density at radius 1 is 1.41 bits per heavy atom. The molecule has 2 aliphatic rings. The van der Waals surface area contributed by atoms with Crippen LogP contribution in [0.15, 0.2) is 0 Å². The Morgan fingerprint density at radius 2 is 2.18 bits per heavy atom. The molecule has 2 fully saturated rings. The third-order valence-corrected chi connectivity index (χ3v) is 4.19. The second-order valence-corrected chi connectivity index (χ2v) is 5.43. The zero-order valence-electron chi connectivity index (χ0n) is 11.3. The van der Waals surface area contributed by atoms with Crippen molar-refractivity contribution in [2.75, 3.05) is 20.1 Å². The molecule has 0 aromatic heterocycles. The van der Waals surface area contributed by atoms with Gasteiger partial charge in [0.05, 0.1) is 12.2 Å². The highest BCUT2D eigenvalue weighted by molar-refractivity contribution is 5.83. The van der Waals surface area contributed by atoms with E-state index < -0.39 is 0 Å². The molecule has 0 saturated carbocycles. The highest BCUT2D eigenvalue weighted by Gasteiger charge is 2.36. The van der Waals surface area contributed by atoms with Crippen LogP contribution in [-0.4, -0.2) is 54.1 Å². The van der Waals surface area contributed by atoms with E-state index >= 15 is 0 Å². The monoisotopic (exact) mass is 239 g/mol. The van der Waals surface area contributed by atoms with E-state index in [9.17, 15) is 4.79 Å². The zero-order valence-corrected chi connectivity index (χ0v) is 11.3. The minimum absolute atomic E-state index is 0.00570. The van der Waals surface area contributed by atoms with Gasteiger partial charge in [-0.15, -0.1) is 0 Å². The number of rotatable bonds is 3. The van der Waals surface area contributed by atoms with Crippen LogP contribution in [0.2, 0.25) is 0 Å². The van der Waals surface area contributed by atoms with Gasteiger partial charge >= 0.3 is 0 Å². The molecule has 0 aliphatic carbocycles. The van der Waals surface area contributed by atoms with Crippen LogP contribution in [0.1, 0.15) is 39.5 Å². The van der Waals surface area contributed by atoms with Crippen molar-refractivity contribution in [3.63, 3.8) is 0 Å². The summed E-state index contributed by atoms with van der Waals surface area (Å²) in [4.78, 5) is 16.6. The predicted molar refractivity (Wildman–Crippen MR) is 68.7 cm³/mol. The van der Waals surface area contributed by atoms with Gasteiger partial charge in [-0.05, 0) is 39.8 Å². The van der Waals surface area contributed by atoms with E-state index in [1.807, 2.05) is 6.92 Å². The van der Waals surface area contributed by atoms with Gasteiger partial charge in [-0.2, -0.15) is 0 Å². The van der Waals surface area contributed by atoms with Crippen molar-refractivity contribution in [3.8, 4) is 0 Å². The van der Waals surface area contributed by atoms with Crippen LogP contribution >= 0.6 is 0 Å². The molecule has 1 N–H and O–H groups in total. The maximum atomic E-state index is 12.1. The lowest BCUT2D eigenvalue weighted by atomic mass is 10.0. The highest BCUT2D eigenvalue weighted by atomic mass is 16.2. The summed E-state index contributed by atoms with van der Waals surface area (Å²) >= 11 is 0. The number of carbonyl (C=O) groups is 1. The predicted octanol–water partition coefficient (Wildman–Crippen LogP) is 1.03. The van der Waals surface area contributed by atoms with E-state index in [2.05, 4.69) is 29.1 Å². The van der Waals surface area contributed by atoms with Gasteiger partial charge in [0.2, 0.25) is 5.91 Å². The second kappa shape index (κ2) is 5.36. The van der Waals surface area contributed by atoms with Crippen LogP contribution in [0, 0.1) is 0 Å².